The minimum Gasteiger partial charge on any atom is -0.462 e. The van der Waals surface area contributed by atoms with E-state index in [-0.39, 0.29) is 12.2 Å². The first-order valence-electron chi connectivity index (χ1n) is 5.12. The Morgan fingerprint density at radius 3 is 2.82 bits per heavy atom. The number of pyridine rings is 1. The van der Waals surface area contributed by atoms with Gasteiger partial charge in [-0.2, -0.15) is 0 Å². The monoisotopic (exact) mass is 343 g/mol. The molecule has 4 nitrogen and oxygen atoms in total. The molecule has 0 spiro atoms. The zero-order valence-corrected chi connectivity index (χ0v) is 11.3. The second kappa shape index (κ2) is 4.87. The molecule has 0 unspecified atom stereocenters. The molecule has 0 aliphatic heterocycles. The van der Waals surface area contributed by atoms with Crippen molar-refractivity contribution in [3.8, 4) is 0 Å². The number of nitrogens with one attached hydrogen (secondary N) is 1. The molecule has 0 saturated carbocycles. The van der Waals surface area contributed by atoms with Crippen molar-refractivity contribution in [2.24, 2.45) is 0 Å². The Hall–Kier alpha value is -1.37. The first-order valence-corrected chi connectivity index (χ1v) is 6.20. The molecule has 0 bridgehead atoms. The summed E-state index contributed by atoms with van der Waals surface area (Å²) >= 11 is 2.00. The van der Waals surface area contributed by atoms with Gasteiger partial charge in [-0.3, -0.25) is 4.79 Å². The van der Waals surface area contributed by atoms with Crippen molar-refractivity contribution in [1.29, 1.82) is 0 Å². The lowest BCUT2D eigenvalue weighted by Gasteiger charge is -2.06. The van der Waals surface area contributed by atoms with Crippen LogP contribution in [-0.2, 0) is 4.74 Å². The highest BCUT2D eigenvalue weighted by molar-refractivity contribution is 14.1. The average Bonchev–Trinajstić information content (AvgIpc) is 2.29. The molecule has 1 aromatic carbocycles. The average molecular weight is 343 g/mol. The van der Waals surface area contributed by atoms with Crippen LogP contribution in [0, 0.1) is 3.57 Å². The van der Waals surface area contributed by atoms with Gasteiger partial charge in [0.1, 0.15) is 5.56 Å². The van der Waals surface area contributed by atoms with E-state index in [0.717, 1.165) is 10.9 Å². The van der Waals surface area contributed by atoms with Crippen LogP contribution in [-0.4, -0.2) is 17.6 Å². The molecule has 0 fully saturated rings. The Labute approximate surface area is 111 Å². The van der Waals surface area contributed by atoms with Crippen LogP contribution in [0.5, 0.6) is 0 Å². The van der Waals surface area contributed by atoms with E-state index in [9.17, 15) is 9.59 Å². The Bertz CT molecular complexity index is 633. The van der Waals surface area contributed by atoms with Crippen LogP contribution in [0.2, 0.25) is 0 Å². The SMILES string of the molecule is CCOC(=O)c1c(I)c2ccccc2[nH]c1=O. The molecule has 1 N–H and O–H groups in total. The zero-order chi connectivity index (χ0) is 12.4. The summed E-state index contributed by atoms with van der Waals surface area (Å²) in [6.45, 7) is 1.96. The fourth-order valence-corrected chi connectivity index (χ4v) is 2.52. The molecule has 0 atom stereocenters. The maximum absolute atomic E-state index is 11.8. The summed E-state index contributed by atoms with van der Waals surface area (Å²) in [5, 5.41) is 0.843. The van der Waals surface area contributed by atoms with E-state index in [1.54, 1.807) is 13.0 Å². The van der Waals surface area contributed by atoms with E-state index in [2.05, 4.69) is 4.98 Å². The summed E-state index contributed by atoms with van der Waals surface area (Å²) in [5.41, 5.74) is 0.382. The number of carbonyl (C=O) groups excluding carboxylic acids is 1. The van der Waals surface area contributed by atoms with Crippen molar-refractivity contribution < 1.29 is 9.53 Å². The third kappa shape index (κ3) is 2.19. The molecule has 0 radical (unpaired) electrons. The van der Waals surface area contributed by atoms with Crippen LogP contribution >= 0.6 is 22.6 Å². The van der Waals surface area contributed by atoms with E-state index in [1.165, 1.54) is 0 Å². The first-order chi connectivity index (χ1) is 8.15. The fraction of sp³-hybridized carbons (Fsp3) is 0.167. The van der Waals surface area contributed by atoms with Crippen molar-refractivity contribution in [1.82, 2.24) is 4.98 Å². The van der Waals surface area contributed by atoms with Crippen LogP contribution in [0.15, 0.2) is 29.1 Å². The van der Waals surface area contributed by atoms with Gasteiger partial charge in [-0.05, 0) is 35.6 Å². The van der Waals surface area contributed by atoms with Crippen molar-refractivity contribution in [2.45, 2.75) is 6.92 Å². The summed E-state index contributed by atoms with van der Waals surface area (Å²) in [6, 6.07) is 7.35. The fourth-order valence-electron chi connectivity index (χ4n) is 1.59. The van der Waals surface area contributed by atoms with E-state index in [4.69, 9.17) is 4.74 Å². The van der Waals surface area contributed by atoms with Crippen molar-refractivity contribution in [3.05, 3.63) is 43.8 Å². The molecule has 88 valence electrons. The predicted octanol–water partition coefficient (Wildman–Crippen LogP) is 2.31. The van der Waals surface area contributed by atoms with Crippen LogP contribution < -0.4 is 5.56 Å². The van der Waals surface area contributed by atoms with Gasteiger partial charge >= 0.3 is 5.97 Å². The highest BCUT2D eigenvalue weighted by Crippen LogP contribution is 2.20. The second-order valence-electron chi connectivity index (χ2n) is 3.41. The van der Waals surface area contributed by atoms with Crippen LogP contribution in [0.25, 0.3) is 10.9 Å². The number of halogens is 1. The Balaban J connectivity index is 2.72. The van der Waals surface area contributed by atoms with Crippen LogP contribution in [0.1, 0.15) is 17.3 Å². The third-order valence-electron chi connectivity index (χ3n) is 2.34. The quantitative estimate of drug-likeness (QED) is 0.673. The summed E-state index contributed by atoms with van der Waals surface area (Å²) < 4.78 is 5.50. The van der Waals surface area contributed by atoms with Gasteiger partial charge in [0.05, 0.1) is 6.61 Å². The number of hydrogen-bond acceptors (Lipinski definition) is 3. The van der Waals surface area contributed by atoms with Crippen molar-refractivity contribution in [3.63, 3.8) is 0 Å². The van der Waals surface area contributed by atoms with Crippen LogP contribution in [0.4, 0.5) is 0 Å². The number of ether oxygens (including phenoxy) is 1. The number of benzene rings is 1. The van der Waals surface area contributed by atoms with Gasteiger partial charge in [-0.15, -0.1) is 0 Å². The van der Waals surface area contributed by atoms with Gasteiger partial charge in [-0.25, -0.2) is 4.79 Å². The highest BCUT2D eigenvalue weighted by Gasteiger charge is 2.18. The predicted molar refractivity (Wildman–Crippen MR) is 73.2 cm³/mol. The minimum atomic E-state index is -0.580. The number of esters is 1. The summed E-state index contributed by atoms with van der Waals surface area (Å²) in [6.07, 6.45) is 0. The van der Waals surface area contributed by atoms with Crippen LogP contribution in [0.3, 0.4) is 0 Å². The van der Waals surface area contributed by atoms with Gasteiger partial charge < -0.3 is 9.72 Å². The largest absolute Gasteiger partial charge is 0.462 e. The number of hydrogen-bond donors (Lipinski definition) is 1. The molecule has 2 rings (SSSR count). The smallest absolute Gasteiger partial charge is 0.344 e. The number of rotatable bonds is 2. The third-order valence-corrected chi connectivity index (χ3v) is 3.46. The molecule has 0 saturated heterocycles. The molecule has 2 aromatic rings. The zero-order valence-electron chi connectivity index (χ0n) is 9.12. The number of H-pyrrole nitrogens is 1. The topological polar surface area (TPSA) is 59.2 Å². The summed E-state index contributed by atoms with van der Waals surface area (Å²) in [4.78, 5) is 26.2. The van der Waals surface area contributed by atoms with Gasteiger partial charge in [0.2, 0.25) is 0 Å². The van der Waals surface area contributed by atoms with Gasteiger partial charge in [-0.1, -0.05) is 18.2 Å². The number of carbonyl (C=O) groups is 1. The molecule has 17 heavy (non-hydrogen) atoms. The minimum absolute atomic E-state index is 0.0751. The molecule has 1 heterocycles. The summed E-state index contributed by atoms with van der Waals surface area (Å²) in [7, 11) is 0. The van der Waals surface area contributed by atoms with Crippen molar-refractivity contribution >= 4 is 39.5 Å². The number of para-hydroxylation sites is 1. The lowest BCUT2D eigenvalue weighted by Crippen LogP contribution is -2.21. The number of aromatic nitrogens is 1. The van der Waals surface area contributed by atoms with Crippen molar-refractivity contribution in [2.75, 3.05) is 6.61 Å². The highest BCUT2D eigenvalue weighted by atomic mass is 127. The number of fused-ring (bicyclic) bond motifs is 1. The molecule has 0 amide bonds. The van der Waals surface area contributed by atoms with Gasteiger partial charge in [0, 0.05) is 14.5 Å². The maximum atomic E-state index is 11.8. The van der Waals surface area contributed by atoms with E-state index < -0.39 is 11.5 Å². The summed E-state index contributed by atoms with van der Waals surface area (Å²) in [5.74, 6) is -0.580. The first kappa shape index (κ1) is 12.1. The van der Waals surface area contributed by atoms with E-state index in [1.807, 2.05) is 40.8 Å². The standard InChI is InChI=1S/C12H10INO3/c1-2-17-12(16)9-10(13)7-5-3-4-6-8(7)14-11(9)15/h3-6H,2H2,1H3,(H,14,15). The molecule has 0 aliphatic rings. The van der Waals surface area contributed by atoms with Gasteiger partial charge in [0.15, 0.2) is 0 Å². The van der Waals surface area contributed by atoms with E-state index >= 15 is 0 Å². The van der Waals surface area contributed by atoms with Gasteiger partial charge in [0.25, 0.3) is 5.56 Å². The normalized spacial score (nSPS) is 10.5. The maximum Gasteiger partial charge on any atom is 0.344 e. The molecule has 0 aliphatic carbocycles. The molecule has 5 heteroatoms. The molecule has 1 aromatic heterocycles. The second-order valence-corrected chi connectivity index (χ2v) is 4.49. The Morgan fingerprint density at radius 2 is 2.12 bits per heavy atom. The number of aromatic amines is 1. The Morgan fingerprint density at radius 1 is 1.41 bits per heavy atom. The lowest BCUT2D eigenvalue weighted by atomic mass is 10.1. The van der Waals surface area contributed by atoms with E-state index in [0.29, 0.717) is 3.57 Å². The Kier molecular flexibility index (Phi) is 3.46. The molecular formula is C12H10INO3. The lowest BCUT2D eigenvalue weighted by molar-refractivity contribution is 0.0523. The molecular weight excluding hydrogens is 333 g/mol.